The Hall–Kier alpha value is -4.77. The van der Waals surface area contributed by atoms with Crippen LogP contribution in [0.1, 0.15) is 16.7 Å². The van der Waals surface area contributed by atoms with Crippen LogP contribution in [-0.2, 0) is 6.54 Å². The van der Waals surface area contributed by atoms with E-state index in [4.69, 9.17) is 15.2 Å². The lowest BCUT2D eigenvalue weighted by molar-refractivity contribution is 0.414. The summed E-state index contributed by atoms with van der Waals surface area (Å²) in [4.78, 5) is 10.9. The van der Waals surface area contributed by atoms with E-state index in [1.165, 1.54) is 0 Å². The molecule has 0 bridgehead atoms. The summed E-state index contributed by atoms with van der Waals surface area (Å²) in [6, 6.07) is 24.9. The van der Waals surface area contributed by atoms with Crippen LogP contribution in [0.25, 0.3) is 0 Å². The number of nitrogens with one attached hydrogen (secondary N) is 1. The van der Waals surface area contributed by atoms with Gasteiger partial charge in [-0.25, -0.2) is 0 Å². The molecule has 35 heavy (non-hydrogen) atoms. The van der Waals surface area contributed by atoms with Crippen molar-refractivity contribution in [1.82, 2.24) is 9.97 Å². The lowest BCUT2D eigenvalue weighted by Gasteiger charge is -2.16. The number of hydrogen-bond donors (Lipinski definition) is 2. The van der Waals surface area contributed by atoms with Gasteiger partial charge in [0, 0.05) is 32.4 Å². The second-order valence-electron chi connectivity index (χ2n) is 8.10. The van der Waals surface area contributed by atoms with Crippen molar-refractivity contribution in [3.8, 4) is 29.5 Å². The van der Waals surface area contributed by atoms with Crippen LogP contribution in [0.2, 0.25) is 0 Å². The molecule has 3 N–H and O–H groups in total. The number of benzene rings is 3. The van der Waals surface area contributed by atoms with Crippen LogP contribution in [0.15, 0.2) is 72.8 Å². The minimum atomic E-state index is 0.0889. The molecule has 1 aromatic heterocycles. The highest BCUT2D eigenvalue weighted by molar-refractivity contribution is 5.68. The third-order valence-electron chi connectivity index (χ3n) is 5.27. The smallest absolute Gasteiger partial charge is 0.327 e. The summed E-state index contributed by atoms with van der Waals surface area (Å²) < 4.78 is 12.0. The van der Waals surface area contributed by atoms with Gasteiger partial charge in [0.25, 0.3) is 5.88 Å². The van der Waals surface area contributed by atoms with Gasteiger partial charge < -0.3 is 25.4 Å². The molecule has 0 fully saturated rings. The fraction of sp³-hybridized carbons (Fsp3) is 0.148. The summed E-state index contributed by atoms with van der Waals surface area (Å²) >= 11 is 0. The number of ether oxygens (including phenoxy) is 2. The summed E-state index contributed by atoms with van der Waals surface area (Å²) in [5.74, 6) is 1.62. The molecule has 8 heteroatoms. The lowest BCUT2D eigenvalue weighted by Crippen LogP contribution is -2.09. The topological polar surface area (TPSA) is 109 Å². The van der Waals surface area contributed by atoms with Gasteiger partial charge in [-0.15, -0.1) is 0 Å². The van der Waals surface area contributed by atoms with Crippen molar-refractivity contribution >= 4 is 17.2 Å². The third-order valence-corrected chi connectivity index (χ3v) is 5.27. The van der Waals surface area contributed by atoms with Gasteiger partial charge in [-0.3, -0.25) is 0 Å². The van der Waals surface area contributed by atoms with Crippen LogP contribution in [0, 0.1) is 18.3 Å². The highest BCUT2D eigenvalue weighted by Gasteiger charge is 2.16. The molecule has 1 heterocycles. The molecule has 3 aromatic carbocycles. The Kier molecular flexibility index (Phi) is 6.98. The van der Waals surface area contributed by atoms with E-state index in [0.717, 1.165) is 16.8 Å². The Morgan fingerprint density at radius 1 is 0.943 bits per heavy atom. The van der Waals surface area contributed by atoms with Crippen molar-refractivity contribution in [2.24, 2.45) is 0 Å². The zero-order valence-electron chi connectivity index (χ0n) is 19.8. The van der Waals surface area contributed by atoms with Crippen LogP contribution in [0.5, 0.6) is 23.4 Å². The van der Waals surface area contributed by atoms with E-state index in [-0.39, 0.29) is 17.6 Å². The Labute approximate surface area is 204 Å². The zero-order chi connectivity index (χ0) is 24.8. The van der Waals surface area contributed by atoms with Gasteiger partial charge in [-0.05, 0) is 48.4 Å². The summed E-state index contributed by atoms with van der Waals surface area (Å²) in [5.41, 5.74) is 10.0. The van der Waals surface area contributed by atoms with E-state index < -0.39 is 0 Å². The van der Waals surface area contributed by atoms with Crippen LogP contribution >= 0.6 is 0 Å². The van der Waals surface area contributed by atoms with Crippen LogP contribution in [0.4, 0.5) is 17.2 Å². The molecule has 4 aromatic rings. The fourth-order valence-electron chi connectivity index (χ4n) is 3.34. The maximum absolute atomic E-state index is 9.20. The molecule has 0 saturated heterocycles. The first kappa shape index (κ1) is 23.4. The molecular formula is C27H26N6O2. The van der Waals surface area contributed by atoms with Gasteiger partial charge in [0.1, 0.15) is 17.2 Å². The normalized spacial score (nSPS) is 10.3. The van der Waals surface area contributed by atoms with E-state index in [2.05, 4.69) is 21.4 Å². The van der Waals surface area contributed by atoms with Gasteiger partial charge in [0.15, 0.2) is 5.82 Å². The number of aromatic nitrogens is 2. The van der Waals surface area contributed by atoms with Crippen molar-refractivity contribution in [2.75, 3.05) is 30.0 Å². The van der Waals surface area contributed by atoms with Crippen molar-refractivity contribution in [3.63, 3.8) is 0 Å². The third kappa shape index (κ3) is 5.78. The molecule has 0 saturated carbocycles. The largest absolute Gasteiger partial charge is 0.437 e. The Bertz CT molecular complexity index is 1370. The summed E-state index contributed by atoms with van der Waals surface area (Å²) in [6.45, 7) is 2.35. The average Bonchev–Trinajstić information content (AvgIpc) is 2.86. The van der Waals surface area contributed by atoms with Gasteiger partial charge in [0.2, 0.25) is 0 Å². The number of nitrogens with two attached hydrogens (primary N) is 1. The molecule has 0 spiro atoms. The molecule has 0 aliphatic heterocycles. The molecule has 0 radical (unpaired) electrons. The highest BCUT2D eigenvalue weighted by atomic mass is 16.5. The van der Waals surface area contributed by atoms with E-state index >= 15 is 0 Å². The van der Waals surface area contributed by atoms with Crippen molar-refractivity contribution in [1.29, 1.82) is 5.26 Å². The second-order valence-corrected chi connectivity index (χ2v) is 8.10. The van der Waals surface area contributed by atoms with Gasteiger partial charge >= 0.3 is 6.01 Å². The SMILES string of the molecule is Cc1cc(Oc2nc(Oc3cccc(N(C)C)c3)nc(NCc3ccccc3)c2N)ccc1C#N. The highest BCUT2D eigenvalue weighted by Crippen LogP contribution is 2.34. The minimum absolute atomic E-state index is 0.0889. The van der Waals surface area contributed by atoms with Crippen LogP contribution in [0.3, 0.4) is 0 Å². The van der Waals surface area contributed by atoms with E-state index in [1.807, 2.05) is 80.5 Å². The second kappa shape index (κ2) is 10.4. The summed E-state index contributed by atoms with van der Waals surface area (Å²) in [7, 11) is 3.91. The fourth-order valence-corrected chi connectivity index (χ4v) is 3.34. The molecular weight excluding hydrogens is 440 g/mol. The van der Waals surface area contributed by atoms with Crippen molar-refractivity contribution in [3.05, 3.63) is 89.5 Å². The molecule has 0 unspecified atom stereocenters. The molecule has 176 valence electrons. The average molecular weight is 467 g/mol. The Morgan fingerprint density at radius 2 is 1.71 bits per heavy atom. The monoisotopic (exact) mass is 466 g/mol. The van der Waals surface area contributed by atoms with Gasteiger partial charge in [-0.2, -0.15) is 15.2 Å². The van der Waals surface area contributed by atoms with Crippen molar-refractivity contribution < 1.29 is 9.47 Å². The zero-order valence-corrected chi connectivity index (χ0v) is 19.8. The van der Waals surface area contributed by atoms with Crippen LogP contribution < -0.4 is 25.4 Å². The number of nitriles is 1. The van der Waals surface area contributed by atoms with E-state index in [0.29, 0.717) is 29.4 Å². The number of anilines is 3. The number of nitrogen functional groups attached to an aromatic ring is 1. The number of rotatable bonds is 8. The molecule has 0 aliphatic carbocycles. The Balaban J connectivity index is 1.67. The van der Waals surface area contributed by atoms with Gasteiger partial charge in [-0.1, -0.05) is 36.4 Å². The molecule has 0 amide bonds. The summed E-state index contributed by atoms with van der Waals surface area (Å²) in [6.07, 6.45) is 0. The quantitative estimate of drug-likeness (QED) is 0.350. The maximum atomic E-state index is 9.20. The van der Waals surface area contributed by atoms with Crippen molar-refractivity contribution in [2.45, 2.75) is 13.5 Å². The number of hydrogen-bond acceptors (Lipinski definition) is 8. The standard InChI is InChI=1S/C27H26N6O2/c1-18-14-23(13-12-20(18)16-28)34-26-24(29)25(30-17-19-8-5-4-6-9-19)31-27(32-26)35-22-11-7-10-21(15-22)33(2)3/h4-15H,17,29H2,1-3H3,(H,30,31,32). The first-order valence-electron chi connectivity index (χ1n) is 11.0. The number of aryl methyl sites for hydroxylation is 1. The predicted octanol–water partition coefficient (Wildman–Crippen LogP) is 5.50. The predicted molar refractivity (Wildman–Crippen MR) is 137 cm³/mol. The molecule has 0 aliphatic rings. The van der Waals surface area contributed by atoms with E-state index in [9.17, 15) is 5.26 Å². The molecule has 0 atom stereocenters. The first-order valence-corrected chi connectivity index (χ1v) is 11.0. The Morgan fingerprint density at radius 3 is 2.43 bits per heavy atom. The lowest BCUT2D eigenvalue weighted by atomic mass is 10.1. The minimum Gasteiger partial charge on any atom is -0.437 e. The molecule has 4 rings (SSSR count). The maximum Gasteiger partial charge on any atom is 0.327 e. The number of nitrogens with zero attached hydrogens (tertiary/aromatic N) is 4. The van der Waals surface area contributed by atoms with Crippen LogP contribution in [-0.4, -0.2) is 24.1 Å². The summed E-state index contributed by atoms with van der Waals surface area (Å²) in [5, 5.41) is 12.5. The van der Waals surface area contributed by atoms with Gasteiger partial charge in [0.05, 0.1) is 11.6 Å². The molecule has 8 nitrogen and oxygen atoms in total. The van der Waals surface area contributed by atoms with E-state index in [1.54, 1.807) is 18.2 Å². The first-order chi connectivity index (χ1) is 16.9.